The van der Waals surface area contributed by atoms with Gasteiger partial charge >= 0.3 is 0 Å². The summed E-state index contributed by atoms with van der Waals surface area (Å²) in [5.74, 6) is -0.328. The summed E-state index contributed by atoms with van der Waals surface area (Å²) in [5, 5.41) is 11.2. The van der Waals surface area contributed by atoms with E-state index < -0.39 is 5.82 Å². The van der Waals surface area contributed by atoms with E-state index in [0.29, 0.717) is 25.9 Å². The summed E-state index contributed by atoms with van der Waals surface area (Å²) < 4.78 is 24.3. The second-order valence-electron chi connectivity index (χ2n) is 8.39. The highest BCUT2D eigenvalue weighted by Crippen LogP contribution is 2.35. The molecule has 1 amide bonds. The highest BCUT2D eigenvalue weighted by molar-refractivity contribution is 6.10. The Bertz CT molecular complexity index is 1370. The topological polar surface area (TPSA) is 87.7 Å². The van der Waals surface area contributed by atoms with E-state index in [4.69, 9.17) is 19.6 Å². The zero-order chi connectivity index (χ0) is 23.7. The van der Waals surface area contributed by atoms with Gasteiger partial charge in [-0.25, -0.2) is 4.39 Å². The van der Waals surface area contributed by atoms with Crippen molar-refractivity contribution in [3.8, 4) is 5.75 Å². The van der Waals surface area contributed by atoms with Gasteiger partial charge in [-0.3, -0.25) is 9.78 Å². The average molecular weight is 464 g/mol. The molecular weight excluding hydrogens is 437 g/mol. The monoisotopic (exact) mass is 463 g/mol. The van der Waals surface area contributed by atoms with Crippen LogP contribution in [0.5, 0.6) is 5.75 Å². The van der Waals surface area contributed by atoms with E-state index in [9.17, 15) is 9.18 Å². The fraction of sp³-hybridized carbons (Fsp3) is 0.308. The number of aromatic amines is 1. The number of aromatic nitrogens is 2. The zero-order valence-electron chi connectivity index (χ0n) is 18.9. The normalized spacial score (nSPS) is 13.4. The van der Waals surface area contributed by atoms with Gasteiger partial charge in [-0.1, -0.05) is 24.3 Å². The van der Waals surface area contributed by atoms with Crippen molar-refractivity contribution >= 4 is 27.7 Å². The number of rotatable bonds is 7. The molecule has 1 aliphatic rings. The highest BCUT2D eigenvalue weighted by Gasteiger charge is 2.26. The molecule has 1 aliphatic heterocycles. The maximum absolute atomic E-state index is 13.9. The van der Waals surface area contributed by atoms with E-state index in [2.05, 4.69) is 11.1 Å². The molecule has 0 saturated carbocycles. The van der Waals surface area contributed by atoms with Crippen molar-refractivity contribution in [1.29, 1.82) is 0 Å². The number of hydrogen-bond acceptors (Lipinski definition) is 5. The molecule has 0 spiro atoms. The lowest BCUT2D eigenvalue weighted by Crippen LogP contribution is -2.39. The number of para-hydroxylation sites is 1. The summed E-state index contributed by atoms with van der Waals surface area (Å²) in [6.45, 7) is 0.932. The maximum atomic E-state index is 13.9. The first-order valence-corrected chi connectivity index (χ1v) is 11.3. The molecule has 0 radical (unpaired) electrons. The van der Waals surface area contributed by atoms with Crippen LogP contribution in [0, 0.1) is 5.82 Å². The third-order valence-corrected chi connectivity index (χ3v) is 6.29. The fourth-order valence-corrected chi connectivity index (χ4v) is 4.67. The van der Waals surface area contributed by atoms with Gasteiger partial charge in [-0.05, 0) is 35.7 Å². The molecular formula is C26H26FN3O4. The number of nitrogens with zero attached hydrogens (tertiary/aromatic N) is 2. The van der Waals surface area contributed by atoms with Crippen LogP contribution in [-0.2, 0) is 28.9 Å². The van der Waals surface area contributed by atoms with Gasteiger partial charge in [0.2, 0.25) is 5.91 Å². The van der Waals surface area contributed by atoms with Crippen molar-refractivity contribution in [2.24, 2.45) is 0 Å². The van der Waals surface area contributed by atoms with E-state index in [1.165, 1.54) is 13.2 Å². The van der Waals surface area contributed by atoms with Crippen molar-refractivity contribution in [1.82, 2.24) is 14.9 Å². The molecule has 4 aromatic rings. The molecule has 0 atom stereocenters. The number of carbonyl (C=O) groups excluding carboxylic acids is 1. The molecule has 0 unspecified atom stereocenters. The number of amides is 1. The van der Waals surface area contributed by atoms with Gasteiger partial charge in [-0.2, -0.15) is 0 Å². The number of carbonyl (C=O) groups is 1. The SMILES string of the molecule is COc1cc(Cc2nc3c(c4c2[nH]c2ccccc24)CCN(C(=O)COCCO)C3)ccc1F. The zero-order valence-corrected chi connectivity index (χ0v) is 18.9. The second kappa shape index (κ2) is 9.40. The predicted molar refractivity (Wildman–Crippen MR) is 126 cm³/mol. The fourth-order valence-electron chi connectivity index (χ4n) is 4.67. The average Bonchev–Trinajstić information content (AvgIpc) is 3.25. The van der Waals surface area contributed by atoms with Crippen LogP contribution in [0.1, 0.15) is 22.5 Å². The number of aliphatic hydroxyl groups excluding tert-OH is 1. The minimum atomic E-state index is -0.405. The van der Waals surface area contributed by atoms with Gasteiger partial charge in [-0.15, -0.1) is 0 Å². The summed E-state index contributed by atoms with van der Waals surface area (Å²) in [6.07, 6.45) is 1.18. The molecule has 3 heterocycles. The predicted octanol–water partition coefficient (Wildman–Crippen LogP) is 3.35. The first-order valence-electron chi connectivity index (χ1n) is 11.3. The molecule has 176 valence electrons. The molecule has 0 bridgehead atoms. The third kappa shape index (κ3) is 4.10. The largest absolute Gasteiger partial charge is 0.494 e. The summed E-state index contributed by atoms with van der Waals surface area (Å²) in [6, 6.07) is 13.0. The first kappa shape index (κ1) is 22.3. The number of benzene rings is 2. The van der Waals surface area contributed by atoms with E-state index in [-0.39, 0.29) is 31.5 Å². The van der Waals surface area contributed by atoms with Crippen LogP contribution < -0.4 is 4.74 Å². The number of H-pyrrole nitrogens is 1. The highest BCUT2D eigenvalue weighted by atomic mass is 19.1. The number of aliphatic hydroxyl groups is 1. The lowest BCUT2D eigenvalue weighted by Gasteiger charge is -2.29. The Kier molecular flexibility index (Phi) is 6.17. The lowest BCUT2D eigenvalue weighted by molar-refractivity contribution is -0.137. The second-order valence-corrected chi connectivity index (χ2v) is 8.39. The van der Waals surface area contributed by atoms with Gasteiger partial charge in [0.05, 0.1) is 43.8 Å². The van der Waals surface area contributed by atoms with Crippen molar-refractivity contribution in [3.63, 3.8) is 0 Å². The molecule has 0 saturated heterocycles. The van der Waals surface area contributed by atoms with Crippen LogP contribution in [-0.4, -0.2) is 59.4 Å². The Balaban J connectivity index is 1.57. The maximum Gasteiger partial charge on any atom is 0.248 e. The lowest BCUT2D eigenvalue weighted by atomic mass is 9.96. The third-order valence-electron chi connectivity index (χ3n) is 6.29. The van der Waals surface area contributed by atoms with Crippen molar-refractivity contribution in [3.05, 3.63) is 70.8 Å². The number of fused-ring (bicyclic) bond motifs is 5. The standard InChI is InChI=1S/C26H26FN3O4/c1-33-23-13-16(6-7-19(23)27)12-21-26-25(17-4-2-3-5-20(17)29-26)18-8-9-30(14-22(18)28-21)24(32)15-34-11-10-31/h2-7,13,29,31H,8-12,14-15H2,1H3. The van der Waals surface area contributed by atoms with Crippen molar-refractivity contribution < 1.29 is 23.8 Å². The molecule has 2 aromatic heterocycles. The quantitative estimate of drug-likeness (QED) is 0.411. The minimum absolute atomic E-state index is 0.0620. The number of pyridine rings is 1. The molecule has 0 fully saturated rings. The Morgan fingerprint density at radius 1 is 1.26 bits per heavy atom. The van der Waals surface area contributed by atoms with Crippen LogP contribution in [0.2, 0.25) is 0 Å². The number of nitrogens with one attached hydrogen (secondary N) is 1. The summed E-state index contributed by atoms with van der Waals surface area (Å²) in [7, 11) is 1.45. The Hall–Kier alpha value is -3.49. The summed E-state index contributed by atoms with van der Waals surface area (Å²) in [5.41, 5.74) is 5.73. The van der Waals surface area contributed by atoms with Crippen molar-refractivity contribution in [2.75, 3.05) is 33.5 Å². The van der Waals surface area contributed by atoms with Gasteiger partial charge in [0, 0.05) is 29.3 Å². The molecule has 5 rings (SSSR count). The van der Waals surface area contributed by atoms with Crippen LogP contribution >= 0.6 is 0 Å². The molecule has 2 aromatic carbocycles. The Labute approximate surface area is 196 Å². The van der Waals surface area contributed by atoms with Gasteiger partial charge in [0.25, 0.3) is 0 Å². The number of methoxy groups -OCH3 is 1. The smallest absolute Gasteiger partial charge is 0.248 e. The number of ether oxygens (including phenoxy) is 2. The van der Waals surface area contributed by atoms with Crippen LogP contribution in [0.4, 0.5) is 4.39 Å². The van der Waals surface area contributed by atoms with Gasteiger partial charge in [0.15, 0.2) is 11.6 Å². The molecule has 34 heavy (non-hydrogen) atoms. The molecule has 7 nitrogen and oxygen atoms in total. The van der Waals surface area contributed by atoms with Crippen LogP contribution in [0.25, 0.3) is 21.8 Å². The summed E-state index contributed by atoms with van der Waals surface area (Å²) >= 11 is 0. The van der Waals surface area contributed by atoms with Gasteiger partial charge < -0.3 is 24.5 Å². The van der Waals surface area contributed by atoms with E-state index in [1.807, 2.05) is 18.2 Å². The van der Waals surface area contributed by atoms with Gasteiger partial charge in [0.1, 0.15) is 6.61 Å². The molecule has 8 heteroatoms. The Morgan fingerprint density at radius 3 is 2.94 bits per heavy atom. The van der Waals surface area contributed by atoms with Crippen LogP contribution in [0.3, 0.4) is 0 Å². The van der Waals surface area contributed by atoms with Crippen LogP contribution in [0.15, 0.2) is 42.5 Å². The van der Waals surface area contributed by atoms with Crippen molar-refractivity contribution in [2.45, 2.75) is 19.4 Å². The molecule has 2 N–H and O–H groups in total. The minimum Gasteiger partial charge on any atom is -0.494 e. The summed E-state index contributed by atoms with van der Waals surface area (Å²) in [4.78, 5) is 22.9. The number of hydrogen-bond donors (Lipinski definition) is 2. The van der Waals surface area contributed by atoms with E-state index in [1.54, 1.807) is 17.0 Å². The first-order chi connectivity index (χ1) is 16.6. The van der Waals surface area contributed by atoms with E-state index in [0.717, 1.165) is 44.3 Å². The number of halogens is 1. The molecule has 0 aliphatic carbocycles. The van der Waals surface area contributed by atoms with E-state index >= 15 is 0 Å². The Morgan fingerprint density at radius 2 is 2.12 bits per heavy atom.